The molecule has 0 spiro atoms. The van der Waals surface area contributed by atoms with Crippen molar-refractivity contribution in [3.63, 3.8) is 0 Å². The van der Waals surface area contributed by atoms with Gasteiger partial charge < -0.3 is 5.32 Å². The third-order valence-electron chi connectivity index (χ3n) is 7.16. The molecule has 2 atom stereocenters. The van der Waals surface area contributed by atoms with E-state index in [4.69, 9.17) is 0 Å². The molecule has 182 valence electrons. The van der Waals surface area contributed by atoms with Gasteiger partial charge >= 0.3 is 0 Å². The second-order valence-electron chi connectivity index (χ2n) is 9.47. The number of ketones is 1. The van der Waals surface area contributed by atoms with Crippen LogP contribution in [0.15, 0.2) is 120 Å². The first kappa shape index (κ1) is 22.9. The maximum atomic E-state index is 14.6. The van der Waals surface area contributed by atoms with Crippen LogP contribution in [0.5, 0.6) is 0 Å². The second kappa shape index (κ2) is 9.51. The fourth-order valence-corrected chi connectivity index (χ4v) is 5.49. The summed E-state index contributed by atoms with van der Waals surface area (Å²) in [6, 6.07) is 32.0. The lowest BCUT2D eigenvalue weighted by Crippen LogP contribution is -2.38. The summed E-state index contributed by atoms with van der Waals surface area (Å²) in [5, 5.41) is 3.51. The van der Waals surface area contributed by atoms with E-state index in [-0.39, 0.29) is 17.6 Å². The van der Waals surface area contributed by atoms with Crippen LogP contribution in [0.2, 0.25) is 0 Å². The fourth-order valence-electron chi connectivity index (χ4n) is 5.49. The highest BCUT2D eigenvalue weighted by molar-refractivity contribution is 6.12. The number of hydrogen-bond donors (Lipinski definition) is 1. The van der Waals surface area contributed by atoms with Gasteiger partial charge in [-0.1, -0.05) is 72.8 Å². The van der Waals surface area contributed by atoms with Crippen LogP contribution in [0.25, 0.3) is 0 Å². The number of allylic oxidation sites excluding steroid dienone is 1. The summed E-state index contributed by atoms with van der Waals surface area (Å²) >= 11 is 0. The van der Waals surface area contributed by atoms with Crippen LogP contribution in [0.3, 0.4) is 0 Å². The molecule has 0 unspecified atom stereocenters. The Morgan fingerprint density at radius 2 is 1.46 bits per heavy atom. The van der Waals surface area contributed by atoms with Crippen LogP contribution >= 0.6 is 0 Å². The largest absolute Gasteiger partial charge is 0.357 e. The predicted molar refractivity (Wildman–Crippen MR) is 143 cm³/mol. The molecule has 6 rings (SSSR count). The number of benzene rings is 4. The van der Waals surface area contributed by atoms with Crippen LogP contribution in [0.1, 0.15) is 46.3 Å². The highest BCUT2D eigenvalue weighted by Gasteiger charge is 2.41. The van der Waals surface area contributed by atoms with E-state index in [0.29, 0.717) is 35.2 Å². The highest BCUT2D eigenvalue weighted by atomic mass is 19.1. The van der Waals surface area contributed by atoms with Crippen LogP contribution in [-0.2, 0) is 4.79 Å². The number of nitrogens with one attached hydrogen (secondary N) is 1. The Balaban J connectivity index is 1.58. The Hall–Kier alpha value is -4.51. The summed E-state index contributed by atoms with van der Waals surface area (Å²) in [7, 11) is 0. The number of Topliss-reactive ketones (excluding diaryl/α,β-unsaturated/α-hetero) is 1. The van der Waals surface area contributed by atoms with Gasteiger partial charge in [0.05, 0.1) is 17.4 Å². The van der Waals surface area contributed by atoms with Crippen LogP contribution < -0.4 is 10.2 Å². The molecule has 1 aliphatic carbocycles. The van der Waals surface area contributed by atoms with Gasteiger partial charge in [-0.15, -0.1) is 0 Å². The summed E-state index contributed by atoms with van der Waals surface area (Å²) in [5.41, 5.74) is 4.81. The summed E-state index contributed by atoms with van der Waals surface area (Å²) in [5.74, 6) is -0.703. The summed E-state index contributed by atoms with van der Waals surface area (Å²) in [6.45, 7) is 0. The normalized spacial score (nSPS) is 18.9. The zero-order chi connectivity index (χ0) is 25.4. The SMILES string of the molecule is O=C1C[C@@H](c2ccccc2)CC2=C1[C@H](c1cccc(F)c1)N(C(=O)c1ccccc1)c1ccccc1N2. The van der Waals surface area contributed by atoms with Crippen LogP contribution in [0.4, 0.5) is 15.8 Å². The number of nitrogens with zero attached hydrogens (tertiary/aromatic N) is 1. The van der Waals surface area contributed by atoms with E-state index in [9.17, 15) is 14.0 Å². The standard InChI is InChI=1S/C32H25FN2O2/c33-25-15-9-14-23(18-25)31-30-27(19-24(20-29(30)36)21-10-3-1-4-11-21)34-26-16-7-8-17-28(26)35(31)32(37)22-12-5-2-6-13-22/h1-18,24,31,34H,19-20H2/t24-,31-/m0/s1. The molecule has 0 bridgehead atoms. The lowest BCUT2D eigenvalue weighted by Gasteiger charge is -2.35. The number of carbonyl (C=O) groups excluding carboxylic acids is 2. The number of para-hydroxylation sites is 2. The molecule has 4 aromatic rings. The maximum Gasteiger partial charge on any atom is 0.259 e. The van der Waals surface area contributed by atoms with Gasteiger partial charge in [-0.3, -0.25) is 14.5 Å². The van der Waals surface area contributed by atoms with Crippen molar-refractivity contribution in [2.45, 2.75) is 24.8 Å². The Bertz CT molecular complexity index is 1510. The van der Waals surface area contributed by atoms with Crippen molar-refractivity contribution in [3.05, 3.63) is 143 Å². The van der Waals surface area contributed by atoms with Gasteiger partial charge in [0.25, 0.3) is 5.91 Å². The van der Waals surface area contributed by atoms with Crippen LogP contribution in [0, 0.1) is 5.82 Å². The lowest BCUT2D eigenvalue weighted by atomic mass is 9.78. The smallest absolute Gasteiger partial charge is 0.259 e. The molecule has 1 heterocycles. The fraction of sp³-hybridized carbons (Fsp3) is 0.125. The molecule has 37 heavy (non-hydrogen) atoms. The molecule has 0 saturated heterocycles. The quantitative estimate of drug-likeness (QED) is 0.336. The van der Waals surface area contributed by atoms with Gasteiger partial charge in [0.15, 0.2) is 5.78 Å². The monoisotopic (exact) mass is 488 g/mol. The molecular formula is C32H25FN2O2. The minimum atomic E-state index is -0.779. The van der Waals surface area contributed by atoms with Crippen molar-refractivity contribution in [1.29, 1.82) is 0 Å². The average molecular weight is 489 g/mol. The zero-order valence-electron chi connectivity index (χ0n) is 20.1. The topological polar surface area (TPSA) is 49.4 Å². The summed E-state index contributed by atoms with van der Waals surface area (Å²) in [6.07, 6.45) is 0.929. The van der Waals surface area contributed by atoms with Crippen molar-refractivity contribution in [2.75, 3.05) is 10.2 Å². The van der Waals surface area contributed by atoms with E-state index in [1.165, 1.54) is 12.1 Å². The van der Waals surface area contributed by atoms with E-state index in [1.807, 2.05) is 72.8 Å². The molecular weight excluding hydrogens is 463 g/mol. The Labute approximate surface area is 215 Å². The highest BCUT2D eigenvalue weighted by Crippen LogP contribution is 2.47. The lowest BCUT2D eigenvalue weighted by molar-refractivity contribution is -0.116. The number of amides is 1. The average Bonchev–Trinajstić information content (AvgIpc) is 3.08. The van der Waals surface area contributed by atoms with Gasteiger partial charge in [-0.05, 0) is 59.9 Å². The van der Waals surface area contributed by atoms with Gasteiger partial charge in [-0.25, -0.2) is 4.39 Å². The van der Waals surface area contributed by atoms with Gasteiger partial charge in [-0.2, -0.15) is 0 Å². The minimum absolute atomic E-state index is 0.0108. The van der Waals surface area contributed by atoms with Gasteiger partial charge in [0.2, 0.25) is 0 Å². The third-order valence-corrected chi connectivity index (χ3v) is 7.16. The molecule has 1 aliphatic heterocycles. The number of fused-ring (bicyclic) bond motifs is 1. The van der Waals surface area contributed by atoms with E-state index < -0.39 is 11.9 Å². The van der Waals surface area contributed by atoms with Crippen molar-refractivity contribution in [1.82, 2.24) is 0 Å². The maximum absolute atomic E-state index is 14.6. The number of carbonyl (C=O) groups is 2. The molecule has 0 aromatic heterocycles. The third kappa shape index (κ3) is 4.23. The molecule has 5 heteroatoms. The Kier molecular flexibility index (Phi) is 5.89. The van der Waals surface area contributed by atoms with E-state index in [1.54, 1.807) is 29.2 Å². The van der Waals surface area contributed by atoms with Crippen molar-refractivity contribution in [2.24, 2.45) is 0 Å². The van der Waals surface area contributed by atoms with Crippen molar-refractivity contribution >= 4 is 23.1 Å². The first-order chi connectivity index (χ1) is 18.1. The number of hydrogen-bond acceptors (Lipinski definition) is 3. The van der Waals surface area contributed by atoms with Gasteiger partial charge in [0.1, 0.15) is 5.82 Å². The molecule has 2 aliphatic rings. The minimum Gasteiger partial charge on any atom is -0.357 e. The van der Waals surface area contributed by atoms with Crippen molar-refractivity contribution < 1.29 is 14.0 Å². The molecule has 0 fully saturated rings. The van der Waals surface area contributed by atoms with Crippen LogP contribution in [-0.4, -0.2) is 11.7 Å². The molecule has 1 amide bonds. The molecule has 4 nitrogen and oxygen atoms in total. The molecule has 4 aromatic carbocycles. The number of rotatable bonds is 3. The number of halogens is 1. The molecule has 1 N–H and O–H groups in total. The van der Waals surface area contributed by atoms with E-state index in [0.717, 1.165) is 16.9 Å². The predicted octanol–water partition coefficient (Wildman–Crippen LogP) is 7.04. The summed E-state index contributed by atoms with van der Waals surface area (Å²) < 4.78 is 14.6. The van der Waals surface area contributed by atoms with Gasteiger partial charge in [0, 0.05) is 23.3 Å². The number of anilines is 2. The summed E-state index contributed by atoms with van der Waals surface area (Å²) in [4.78, 5) is 29.7. The molecule has 0 saturated carbocycles. The Morgan fingerprint density at radius 1 is 0.784 bits per heavy atom. The van der Waals surface area contributed by atoms with Crippen molar-refractivity contribution in [3.8, 4) is 0 Å². The van der Waals surface area contributed by atoms with E-state index in [2.05, 4.69) is 5.32 Å². The second-order valence-corrected chi connectivity index (χ2v) is 9.47. The Morgan fingerprint density at radius 3 is 2.22 bits per heavy atom. The van der Waals surface area contributed by atoms with E-state index >= 15 is 0 Å². The first-order valence-corrected chi connectivity index (χ1v) is 12.4. The zero-order valence-corrected chi connectivity index (χ0v) is 20.1. The first-order valence-electron chi connectivity index (χ1n) is 12.4. The molecule has 0 radical (unpaired) electrons.